The highest BCUT2D eigenvalue weighted by atomic mass is 16.5. The Morgan fingerprint density at radius 3 is 2.66 bits per heavy atom. The van der Waals surface area contributed by atoms with Crippen LogP contribution in [0.5, 0.6) is 5.75 Å². The van der Waals surface area contributed by atoms with E-state index < -0.39 is 0 Å². The van der Waals surface area contributed by atoms with E-state index in [0.29, 0.717) is 29.5 Å². The number of H-pyrrole nitrogens is 1. The fourth-order valence-corrected chi connectivity index (χ4v) is 3.32. The molecule has 1 saturated carbocycles. The van der Waals surface area contributed by atoms with Gasteiger partial charge < -0.3 is 20.4 Å². The van der Waals surface area contributed by atoms with Crippen LogP contribution < -0.4 is 15.4 Å². The molecule has 2 amide bonds. The standard InChI is InChI=1S/C22H24N4O3/c1-2-29-17-9-6-15(7-10-17)22(28)23-13-20(27)24-16-8-11-18-19(12-16)26-21(25-18)14-4-3-5-14/h6-12,14H,2-5,13H2,1H3,(H,23,28)(H,24,27)(H,25,26). The van der Waals surface area contributed by atoms with E-state index in [1.807, 2.05) is 25.1 Å². The van der Waals surface area contributed by atoms with Gasteiger partial charge >= 0.3 is 0 Å². The SMILES string of the molecule is CCOc1ccc(C(=O)NCC(=O)Nc2ccc3nc(C4CCC4)[nH]c3c2)cc1. The molecular formula is C22H24N4O3. The molecule has 0 radical (unpaired) electrons. The van der Waals surface area contributed by atoms with Gasteiger partial charge in [0.25, 0.3) is 5.91 Å². The first kappa shape index (κ1) is 19.0. The van der Waals surface area contributed by atoms with Gasteiger partial charge in [-0.25, -0.2) is 4.98 Å². The van der Waals surface area contributed by atoms with Crippen LogP contribution in [0.25, 0.3) is 11.0 Å². The second kappa shape index (κ2) is 8.34. The second-order valence-corrected chi connectivity index (χ2v) is 7.17. The molecule has 0 saturated heterocycles. The molecule has 7 nitrogen and oxygen atoms in total. The van der Waals surface area contributed by atoms with Crippen LogP contribution in [0.3, 0.4) is 0 Å². The highest BCUT2D eigenvalue weighted by Crippen LogP contribution is 2.35. The molecule has 7 heteroatoms. The molecule has 1 aliphatic carbocycles. The number of nitrogens with one attached hydrogen (secondary N) is 3. The van der Waals surface area contributed by atoms with Gasteiger partial charge in [0, 0.05) is 17.2 Å². The molecule has 3 N–H and O–H groups in total. The van der Waals surface area contributed by atoms with Crippen LogP contribution in [0.1, 0.15) is 48.3 Å². The third-order valence-corrected chi connectivity index (χ3v) is 5.11. The summed E-state index contributed by atoms with van der Waals surface area (Å²) in [4.78, 5) is 32.4. The Balaban J connectivity index is 1.32. The topological polar surface area (TPSA) is 96.1 Å². The zero-order chi connectivity index (χ0) is 20.2. The molecular weight excluding hydrogens is 368 g/mol. The Labute approximate surface area is 168 Å². The van der Waals surface area contributed by atoms with Gasteiger partial charge in [-0.05, 0) is 62.2 Å². The van der Waals surface area contributed by atoms with Crippen LogP contribution in [0.15, 0.2) is 42.5 Å². The van der Waals surface area contributed by atoms with Crippen molar-refractivity contribution in [1.29, 1.82) is 0 Å². The smallest absolute Gasteiger partial charge is 0.251 e. The molecule has 1 aliphatic rings. The Morgan fingerprint density at radius 1 is 1.17 bits per heavy atom. The van der Waals surface area contributed by atoms with Gasteiger partial charge in [-0.15, -0.1) is 0 Å². The number of aromatic nitrogens is 2. The molecule has 0 atom stereocenters. The van der Waals surface area contributed by atoms with E-state index in [9.17, 15) is 9.59 Å². The summed E-state index contributed by atoms with van der Waals surface area (Å²) >= 11 is 0. The molecule has 0 bridgehead atoms. The normalized spacial score (nSPS) is 13.7. The number of carbonyl (C=O) groups is 2. The fourth-order valence-electron chi connectivity index (χ4n) is 3.32. The number of aromatic amines is 1. The molecule has 1 aromatic heterocycles. The van der Waals surface area contributed by atoms with E-state index in [1.54, 1.807) is 24.3 Å². The van der Waals surface area contributed by atoms with Crippen LogP contribution in [0.4, 0.5) is 5.69 Å². The molecule has 150 valence electrons. The predicted octanol–water partition coefficient (Wildman–Crippen LogP) is 3.60. The molecule has 29 heavy (non-hydrogen) atoms. The zero-order valence-electron chi connectivity index (χ0n) is 16.3. The van der Waals surface area contributed by atoms with Crippen LogP contribution in [-0.4, -0.2) is 34.9 Å². The number of hydrogen-bond acceptors (Lipinski definition) is 4. The number of nitrogens with zero attached hydrogens (tertiary/aromatic N) is 1. The minimum atomic E-state index is -0.308. The maximum Gasteiger partial charge on any atom is 0.251 e. The van der Waals surface area contributed by atoms with Crippen molar-refractivity contribution in [2.24, 2.45) is 0 Å². The molecule has 1 fully saturated rings. The van der Waals surface area contributed by atoms with Gasteiger partial charge in [-0.2, -0.15) is 0 Å². The minimum Gasteiger partial charge on any atom is -0.494 e. The summed E-state index contributed by atoms with van der Waals surface area (Å²) in [5, 5.41) is 5.44. The van der Waals surface area contributed by atoms with Crippen molar-refractivity contribution in [3.63, 3.8) is 0 Å². The average molecular weight is 392 g/mol. The van der Waals surface area contributed by atoms with E-state index in [1.165, 1.54) is 19.3 Å². The molecule has 0 aliphatic heterocycles. The van der Waals surface area contributed by atoms with E-state index in [-0.39, 0.29) is 18.4 Å². The maximum atomic E-state index is 12.2. The summed E-state index contributed by atoms with van der Waals surface area (Å²) in [5.41, 5.74) is 2.95. The van der Waals surface area contributed by atoms with Crippen molar-refractivity contribution in [2.45, 2.75) is 32.1 Å². The van der Waals surface area contributed by atoms with Crippen LogP contribution in [0.2, 0.25) is 0 Å². The Hall–Kier alpha value is -3.35. The molecule has 0 unspecified atom stereocenters. The first-order chi connectivity index (χ1) is 14.1. The number of fused-ring (bicyclic) bond motifs is 1. The van der Waals surface area contributed by atoms with Gasteiger partial charge in [0.05, 0.1) is 24.2 Å². The lowest BCUT2D eigenvalue weighted by atomic mass is 9.85. The number of rotatable bonds is 7. The number of hydrogen-bond donors (Lipinski definition) is 3. The Kier molecular flexibility index (Phi) is 5.46. The molecule has 1 heterocycles. The van der Waals surface area contributed by atoms with Gasteiger partial charge in [0.2, 0.25) is 5.91 Å². The number of ether oxygens (including phenoxy) is 1. The summed E-state index contributed by atoms with van der Waals surface area (Å²) < 4.78 is 5.36. The lowest BCUT2D eigenvalue weighted by Gasteiger charge is -2.22. The van der Waals surface area contributed by atoms with Gasteiger partial charge in [0.1, 0.15) is 11.6 Å². The lowest BCUT2D eigenvalue weighted by Crippen LogP contribution is -2.32. The average Bonchev–Trinajstić information content (AvgIpc) is 3.08. The van der Waals surface area contributed by atoms with Crippen LogP contribution in [-0.2, 0) is 4.79 Å². The number of benzene rings is 2. The van der Waals surface area contributed by atoms with Crippen molar-refractivity contribution in [2.75, 3.05) is 18.5 Å². The van der Waals surface area contributed by atoms with Crippen LogP contribution >= 0.6 is 0 Å². The molecule has 4 rings (SSSR count). The van der Waals surface area contributed by atoms with E-state index in [2.05, 4.69) is 20.6 Å². The first-order valence-corrected chi connectivity index (χ1v) is 9.93. The number of anilines is 1. The summed E-state index contributed by atoms with van der Waals surface area (Å²) in [6.45, 7) is 2.36. The summed E-state index contributed by atoms with van der Waals surface area (Å²) in [5.74, 6) is 1.66. The monoisotopic (exact) mass is 392 g/mol. The van der Waals surface area contributed by atoms with Crippen LogP contribution in [0, 0.1) is 0 Å². The highest BCUT2D eigenvalue weighted by molar-refractivity contribution is 6.00. The highest BCUT2D eigenvalue weighted by Gasteiger charge is 2.22. The largest absolute Gasteiger partial charge is 0.494 e. The van der Waals surface area contributed by atoms with Crippen molar-refractivity contribution >= 4 is 28.5 Å². The predicted molar refractivity (Wildman–Crippen MR) is 111 cm³/mol. The van der Waals surface area contributed by atoms with E-state index in [0.717, 1.165) is 16.9 Å². The Bertz CT molecular complexity index is 1020. The van der Waals surface area contributed by atoms with Crippen molar-refractivity contribution in [1.82, 2.24) is 15.3 Å². The lowest BCUT2D eigenvalue weighted by molar-refractivity contribution is -0.115. The number of imidazole rings is 1. The third kappa shape index (κ3) is 4.39. The van der Waals surface area contributed by atoms with Gasteiger partial charge in [-0.1, -0.05) is 6.42 Å². The van der Waals surface area contributed by atoms with Crippen molar-refractivity contribution in [3.05, 3.63) is 53.9 Å². The zero-order valence-corrected chi connectivity index (χ0v) is 16.3. The summed E-state index contributed by atoms with van der Waals surface area (Å²) in [6.07, 6.45) is 3.61. The van der Waals surface area contributed by atoms with Crippen molar-refractivity contribution in [3.8, 4) is 5.75 Å². The Morgan fingerprint density at radius 2 is 1.97 bits per heavy atom. The fraction of sp³-hybridized carbons (Fsp3) is 0.318. The number of amides is 2. The summed E-state index contributed by atoms with van der Waals surface area (Å²) in [7, 11) is 0. The summed E-state index contributed by atoms with van der Waals surface area (Å²) in [6, 6.07) is 12.4. The molecule has 0 spiro atoms. The van der Waals surface area contributed by atoms with Crippen molar-refractivity contribution < 1.29 is 14.3 Å². The number of carbonyl (C=O) groups excluding carboxylic acids is 2. The van der Waals surface area contributed by atoms with Gasteiger partial charge in [0.15, 0.2) is 0 Å². The van der Waals surface area contributed by atoms with E-state index >= 15 is 0 Å². The minimum absolute atomic E-state index is 0.111. The third-order valence-electron chi connectivity index (χ3n) is 5.11. The molecule has 3 aromatic rings. The second-order valence-electron chi connectivity index (χ2n) is 7.17. The van der Waals surface area contributed by atoms with Gasteiger partial charge in [-0.3, -0.25) is 9.59 Å². The first-order valence-electron chi connectivity index (χ1n) is 9.93. The quantitative estimate of drug-likeness (QED) is 0.572. The molecule has 2 aromatic carbocycles. The maximum absolute atomic E-state index is 12.2. The van der Waals surface area contributed by atoms with E-state index in [4.69, 9.17) is 4.74 Å².